The van der Waals surface area contributed by atoms with Gasteiger partial charge in [0, 0.05) is 10.4 Å². The lowest BCUT2D eigenvalue weighted by molar-refractivity contribution is 0.403. The van der Waals surface area contributed by atoms with Crippen LogP contribution in [0.5, 0.6) is 17.2 Å². The molecule has 0 saturated heterocycles. The minimum absolute atomic E-state index is 0.254. The molecule has 0 atom stereocenters. The highest BCUT2D eigenvalue weighted by atomic mass is 35.5. The van der Waals surface area contributed by atoms with Gasteiger partial charge in [-0.05, 0) is 41.5 Å². The Morgan fingerprint density at radius 1 is 1.13 bits per heavy atom. The van der Waals surface area contributed by atoms with E-state index in [2.05, 4.69) is 0 Å². The third-order valence-corrected chi connectivity index (χ3v) is 4.70. The molecule has 0 unspecified atom stereocenters. The number of sulfone groups is 1. The molecule has 0 bridgehead atoms. The maximum atomic E-state index is 12.1. The first-order valence-electron chi connectivity index (χ1n) is 6.56. The summed E-state index contributed by atoms with van der Waals surface area (Å²) in [5, 5.41) is 20.0. The van der Waals surface area contributed by atoms with E-state index in [4.69, 9.17) is 16.3 Å². The van der Waals surface area contributed by atoms with Crippen LogP contribution in [0.2, 0.25) is 5.02 Å². The van der Waals surface area contributed by atoms with Crippen molar-refractivity contribution in [3.63, 3.8) is 0 Å². The number of benzene rings is 2. The molecule has 0 aromatic heterocycles. The van der Waals surface area contributed by atoms with Gasteiger partial charge >= 0.3 is 0 Å². The third-order valence-electron chi connectivity index (χ3n) is 3.08. The van der Waals surface area contributed by atoms with Crippen molar-refractivity contribution in [2.45, 2.75) is 5.75 Å². The molecule has 0 aliphatic carbocycles. The van der Waals surface area contributed by atoms with Crippen LogP contribution in [0.3, 0.4) is 0 Å². The van der Waals surface area contributed by atoms with Crippen molar-refractivity contribution in [3.05, 3.63) is 58.0 Å². The van der Waals surface area contributed by atoms with Crippen LogP contribution < -0.4 is 4.74 Å². The zero-order valence-electron chi connectivity index (χ0n) is 12.2. The topological polar surface area (TPSA) is 83.8 Å². The van der Waals surface area contributed by atoms with Gasteiger partial charge in [0.15, 0.2) is 21.3 Å². The number of phenols is 2. The molecule has 0 heterocycles. The smallest absolute Gasteiger partial charge is 0.175 e. The highest BCUT2D eigenvalue weighted by molar-refractivity contribution is 7.93. The molecule has 5 nitrogen and oxygen atoms in total. The zero-order valence-corrected chi connectivity index (χ0v) is 13.8. The number of ether oxygens (including phenoxy) is 1. The van der Waals surface area contributed by atoms with Crippen LogP contribution in [0.15, 0.2) is 41.8 Å². The van der Waals surface area contributed by atoms with E-state index in [1.54, 1.807) is 18.2 Å². The summed E-state index contributed by atoms with van der Waals surface area (Å²) >= 11 is 6.04. The largest absolute Gasteiger partial charge is 0.504 e. The summed E-state index contributed by atoms with van der Waals surface area (Å²) in [6.07, 6.45) is 1.34. The van der Waals surface area contributed by atoms with Crippen molar-refractivity contribution in [2.75, 3.05) is 7.11 Å². The maximum Gasteiger partial charge on any atom is 0.175 e. The van der Waals surface area contributed by atoms with Crippen LogP contribution in [0, 0.1) is 0 Å². The highest BCUT2D eigenvalue weighted by Crippen LogP contribution is 2.27. The summed E-state index contributed by atoms with van der Waals surface area (Å²) < 4.78 is 29.3. The Hall–Kier alpha value is -2.18. The van der Waals surface area contributed by atoms with Crippen molar-refractivity contribution in [2.24, 2.45) is 0 Å². The molecule has 2 rings (SSSR count). The van der Waals surface area contributed by atoms with E-state index < -0.39 is 9.84 Å². The molecule has 2 aromatic carbocycles. The Kier molecular flexibility index (Phi) is 5.18. The standard InChI is InChI=1S/C16H15ClO5S/c1-22-13-4-3-12(14(17)9-13)10-23(20,21)7-6-11-2-5-15(18)16(19)8-11/h2-9,18-19H,10H2,1H3/b7-6-. The summed E-state index contributed by atoms with van der Waals surface area (Å²) in [6.45, 7) is 0. The quantitative estimate of drug-likeness (QED) is 0.804. The molecule has 0 aliphatic heterocycles. The lowest BCUT2D eigenvalue weighted by Gasteiger charge is -2.06. The van der Waals surface area contributed by atoms with Crippen LogP contribution in [-0.2, 0) is 15.6 Å². The van der Waals surface area contributed by atoms with Crippen LogP contribution in [-0.4, -0.2) is 25.7 Å². The third kappa shape index (κ3) is 4.64. The Morgan fingerprint density at radius 2 is 1.87 bits per heavy atom. The number of methoxy groups -OCH3 is 1. The van der Waals surface area contributed by atoms with E-state index in [1.807, 2.05) is 0 Å². The summed E-state index contributed by atoms with van der Waals surface area (Å²) in [7, 11) is -2.05. The van der Waals surface area contributed by atoms with Gasteiger partial charge in [0.25, 0.3) is 0 Å². The van der Waals surface area contributed by atoms with Crippen molar-refractivity contribution < 1.29 is 23.4 Å². The lowest BCUT2D eigenvalue weighted by atomic mass is 10.2. The first kappa shape index (κ1) is 17.2. The Morgan fingerprint density at radius 3 is 2.48 bits per heavy atom. The summed E-state index contributed by atoms with van der Waals surface area (Å²) in [5.74, 6) is -0.292. The monoisotopic (exact) mass is 354 g/mol. The minimum Gasteiger partial charge on any atom is -0.504 e. The second kappa shape index (κ2) is 6.93. The second-order valence-electron chi connectivity index (χ2n) is 4.82. The number of hydrogen-bond acceptors (Lipinski definition) is 5. The predicted octanol–water partition coefficient (Wildman–Crippen LogP) is 3.35. The second-order valence-corrected chi connectivity index (χ2v) is 7.11. The SMILES string of the molecule is COc1ccc(CS(=O)(=O)/C=C\c2ccc(O)c(O)c2)c(Cl)c1. The number of hydrogen-bond donors (Lipinski definition) is 2. The summed E-state index contributed by atoms with van der Waals surface area (Å²) in [6, 6.07) is 8.82. The Bertz CT molecular complexity index is 844. The van der Waals surface area contributed by atoms with Gasteiger partial charge in [-0.1, -0.05) is 23.7 Å². The van der Waals surface area contributed by atoms with Gasteiger partial charge in [-0.25, -0.2) is 8.42 Å². The molecule has 23 heavy (non-hydrogen) atoms. The van der Waals surface area contributed by atoms with Gasteiger partial charge in [-0.2, -0.15) is 0 Å². The molecule has 7 heteroatoms. The van der Waals surface area contributed by atoms with Gasteiger partial charge in [-0.3, -0.25) is 0 Å². The van der Waals surface area contributed by atoms with E-state index >= 15 is 0 Å². The molecule has 0 radical (unpaired) electrons. The van der Waals surface area contributed by atoms with Gasteiger partial charge in [0.05, 0.1) is 12.9 Å². The average Bonchev–Trinajstić information content (AvgIpc) is 2.50. The maximum absolute atomic E-state index is 12.1. The molecule has 0 amide bonds. The normalized spacial score (nSPS) is 11.7. The molecule has 2 aromatic rings. The van der Waals surface area contributed by atoms with Crippen LogP contribution >= 0.6 is 11.6 Å². The fraction of sp³-hybridized carbons (Fsp3) is 0.125. The van der Waals surface area contributed by atoms with Crippen molar-refractivity contribution in [1.29, 1.82) is 0 Å². The van der Waals surface area contributed by atoms with Gasteiger partial charge in [0.2, 0.25) is 0 Å². The predicted molar refractivity (Wildman–Crippen MR) is 89.4 cm³/mol. The molecular weight excluding hydrogens is 340 g/mol. The average molecular weight is 355 g/mol. The number of aromatic hydroxyl groups is 2. The summed E-state index contributed by atoms with van der Waals surface area (Å²) in [4.78, 5) is 0. The van der Waals surface area contributed by atoms with Crippen molar-refractivity contribution in [1.82, 2.24) is 0 Å². The molecule has 0 spiro atoms. The highest BCUT2D eigenvalue weighted by Gasteiger charge is 2.12. The van der Waals surface area contributed by atoms with Crippen LogP contribution in [0.25, 0.3) is 6.08 Å². The van der Waals surface area contributed by atoms with Crippen molar-refractivity contribution >= 4 is 27.5 Å². The molecule has 0 fully saturated rings. The Labute approximate surface area is 139 Å². The summed E-state index contributed by atoms with van der Waals surface area (Å²) in [5.41, 5.74) is 0.912. The van der Waals surface area contributed by atoms with E-state index in [0.29, 0.717) is 21.9 Å². The Balaban J connectivity index is 2.18. The molecule has 122 valence electrons. The van der Waals surface area contributed by atoms with Crippen LogP contribution in [0.1, 0.15) is 11.1 Å². The molecular formula is C16H15ClO5S. The molecule has 2 N–H and O–H groups in total. The van der Waals surface area contributed by atoms with E-state index in [0.717, 1.165) is 5.41 Å². The van der Waals surface area contributed by atoms with E-state index in [1.165, 1.54) is 31.4 Å². The van der Waals surface area contributed by atoms with Gasteiger partial charge in [0.1, 0.15) is 5.75 Å². The lowest BCUT2D eigenvalue weighted by Crippen LogP contribution is -2.01. The zero-order chi connectivity index (χ0) is 17.0. The number of halogens is 1. The number of phenolic OH excluding ortho intramolecular Hbond substituents is 2. The van der Waals surface area contributed by atoms with Gasteiger partial charge < -0.3 is 14.9 Å². The van der Waals surface area contributed by atoms with E-state index in [9.17, 15) is 18.6 Å². The van der Waals surface area contributed by atoms with E-state index in [-0.39, 0.29) is 17.3 Å². The fourth-order valence-electron chi connectivity index (χ4n) is 1.86. The molecule has 0 saturated carbocycles. The minimum atomic E-state index is -3.55. The first-order valence-corrected chi connectivity index (χ1v) is 8.65. The first-order chi connectivity index (χ1) is 10.8. The molecule has 0 aliphatic rings. The van der Waals surface area contributed by atoms with Gasteiger partial charge in [-0.15, -0.1) is 0 Å². The fourth-order valence-corrected chi connectivity index (χ4v) is 3.33. The van der Waals surface area contributed by atoms with Crippen LogP contribution in [0.4, 0.5) is 0 Å². The number of rotatable bonds is 5. The van der Waals surface area contributed by atoms with Crippen molar-refractivity contribution in [3.8, 4) is 17.2 Å².